The van der Waals surface area contributed by atoms with Crippen LogP contribution in [0.2, 0.25) is 0 Å². The number of benzene rings is 1. The van der Waals surface area contributed by atoms with Gasteiger partial charge in [0, 0.05) is 23.1 Å². The molecule has 1 amide bonds. The number of carbonyl (C=O) groups is 1. The number of fused-ring (bicyclic) bond motifs is 3. The lowest BCUT2D eigenvalue weighted by Crippen LogP contribution is -2.28. The first kappa shape index (κ1) is 17.0. The smallest absolute Gasteiger partial charge is 0.223 e. The number of pyridine rings is 1. The number of nitrogens with one attached hydrogen (secondary N) is 3. The largest absolute Gasteiger partial charge is 0.382 e. The molecular formula is C19H21N7O. The molecule has 4 rings (SSSR count). The van der Waals surface area contributed by atoms with Gasteiger partial charge < -0.3 is 16.0 Å². The summed E-state index contributed by atoms with van der Waals surface area (Å²) in [5, 5.41) is 10.7. The fourth-order valence-corrected chi connectivity index (χ4v) is 3.01. The van der Waals surface area contributed by atoms with Crippen LogP contribution < -0.4 is 11.1 Å². The maximum absolute atomic E-state index is 12.0. The Morgan fingerprint density at radius 2 is 2.15 bits per heavy atom. The summed E-state index contributed by atoms with van der Waals surface area (Å²) in [5.74, 6) is 1.02. The van der Waals surface area contributed by atoms with Crippen LogP contribution in [0.4, 0.5) is 5.82 Å². The fraction of sp³-hybridized carbons (Fsp3) is 0.263. The molecule has 4 aromatic rings. The summed E-state index contributed by atoms with van der Waals surface area (Å²) >= 11 is 0. The number of hydrogen-bond donors (Lipinski definition) is 4. The molecule has 0 radical (unpaired) electrons. The molecule has 5 N–H and O–H groups in total. The van der Waals surface area contributed by atoms with Gasteiger partial charge in [-0.15, -0.1) is 0 Å². The number of aromatic nitrogens is 5. The van der Waals surface area contributed by atoms with Crippen molar-refractivity contribution in [2.75, 3.05) is 5.73 Å². The van der Waals surface area contributed by atoms with E-state index in [1.54, 1.807) is 6.20 Å². The van der Waals surface area contributed by atoms with Gasteiger partial charge in [0.05, 0.1) is 17.8 Å². The summed E-state index contributed by atoms with van der Waals surface area (Å²) in [6, 6.07) is 7.82. The maximum atomic E-state index is 12.0. The number of rotatable bonds is 5. The molecule has 1 unspecified atom stereocenters. The van der Waals surface area contributed by atoms with Crippen LogP contribution in [0, 0.1) is 5.92 Å². The fourth-order valence-electron chi connectivity index (χ4n) is 3.01. The first-order chi connectivity index (χ1) is 13.1. The first-order valence-corrected chi connectivity index (χ1v) is 8.92. The zero-order chi connectivity index (χ0) is 19.0. The third kappa shape index (κ3) is 3.10. The van der Waals surface area contributed by atoms with Gasteiger partial charge in [-0.1, -0.05) is 19.9 Å². The third-order valence-electron chi connectivity index (χ3n) is 4.80. The predicted molar refractivity (Wildman–Crippen MR) is 105 cm³/mol. The van der Waals surface area contributed by atoms with Crippen LogP contribution in [0.5, 0.6) is 0 Å². The highest BCUT2D eigenvalue weighted by atomic mass is 16.1. The first-order valence-electron chi connectivity index (χ1n) is 8.92. The number of imidazole rings is 1. The summed E-state index contributed by atoms with van der Waals surface area (Å²) in [6.45, 7) is 4.22. The molecule has 0 aliphatic heterocycles. The van der Waals surface area contributed by atoms with Crippen molar-refractivity contribution in [3.8, 4) is 11.3 Å². The van der Waals surface area contributed by atoms with Crippen molar-refractivity contribution < 1.29 is 4.79 Å². The molecule has 8 heteroatoms. The SMILES string of the molecule is CCC(C)C(=O)NCc1nc2c([nH]1)c(N)nc1cc(-c3ccn[nH]3)ccc12. The molecule has 0 fully saturated rings. The summed E-state index contributed by atoms with van der Waals surface area (Å²) in [7, 11) is 0. The Kier molecular flexibility index (Phi) is 4.23. The Hall–Kier alpha value is -3.42. The quantitative estimate of drug-likeness (QED) is 0.434. The van der Waals surface area contributed by atoms with E-state index >= 15 is 0 Å². The molecule has 138 valence electrons. The van der Waals surface area contributed by atoms with Crippen LogP contribution in [-0.2, 0) is 11.3 Å². The normalized spacial score (nSPS) is 12.5. The van der Waals surface area contributed by atoms with Crippen molar-refractivity contribution in [2.24, 2.45) is 5.92 Å². The molecule has 0 aliphatic carbocycles. The number of nitrogen functional groups attached to an aromatic ring is 1. The number of carbonyl (C=O) groups excluding carboxylic acids is 1. The Morgan fingerprint density at radius 1 is 1.30 bits per heavy atom. The molecule has 1 aromatic carbocycles. The van der Waals surface area contributed by atoms with Gasteiger partial charge in [0.25, 0.3) is 0 Å². The number of amides is 1. The molecular weight excluding hydrogens is 342 g/mol. The molecule has 0 bridgehead atoms. The van der Waals surface area contributed by atoms with Gasteiger partial charge in [-0.3, -0.25) is 9.89 Å². The number of H-pyrrole nitrogens is 2. The van der Waals surface area contributed by atoms with Crippen LogP contribution in [0.1, 0.15) is 26.1 Å². The van der Waals surface area contributed by atoms with Crippen molar-refractivity contribution in [1.29, 1.82) is 0 Å². The van der Waals surface area contributed by atoms with E-state index < -0.39 is 0 Å². The van der Waals surface area contributed by atoms with Crippen LogP contribution in [0.3, 0.4) is 0 Å². The highest BCUT2D eigenvalue weighted by molar-refractivity contribution is 6.07. The lowest BCUT2D eigenvalue weighted by Gasteiger charge is -2.08. The highest BCUT2D eigenvalue weighted by Gasteiger charge is 2.15. The summed E-state index contributed by atoms with van der Waals surface area (Å²) in [4.78, 5) is 24.3. The lowest BCUT2D eigenvalue weighted by atomic mass is 10.1. The van der Waals surface area contributed by atoms with E-state index in [4.69, 9.17) is 5.73 Å². The van der Waals surface area contributed by atoms with Crippen molar-refractivity contribution in [2.45, 2.75) is 26.8 Å². The lowest BCUT2D eigenvalue weighted by molar-refractivity contribution is -0.124. The molecule has 3 heterocycles. The molecule has 8 nitrogen and oxygen atoms in total. The van der Waals surface area contributed by atoms with Gasteiger partial charge in [-0.2, -0.15) is 5.10 Å². The number of nitrogens with zero attached hydrogens (tertiary/aromatic N) is 3. The van der Waals surface area contributed by atoms with Gasteiger partial charge in [0.1, 0.15) is 22.7 Å². The average Bonchev–Trinajstić information content (AvgIpc) is 3.35. The number of aromatic amines is 2. The van der Waals surface area contributed by atoms with Crippen LogP contribution in [-0.4, -0.2) is 31.1 Å². The second kappa shape index (κ2) is 6.71. The van der Waals surface area contributed by atoms with Crippen molar-refractivity contribution >= 4 is 33.7 Å². The molecule has 1 atom stereocenters. The van der Waals surface area contributed by atoms with Gasteiger partial charge in [-0.25, -0.2) is 9.97 Å². The van der Waals surface area contributed by atoms with E-state index in [0.29, 0.717) is 23.7 Å². The van der Waals surface area contributed by atoms with E-state index in [1.807, 2.05) is 38.1 Å². The van der Waals surface area contributed by atoms with E-state index in [1.165, 1.54) is 0 Å². The highest BCUT2D eigenvalue weighted by Crippen LogP contribution is 2.29. The van der Waals surface area contributed by atoms with Gasteiger partial charge in [0.15, 0.2) is 0 Å². The zero-order valence-corrected chi connectivity index (χ0v) is 15.2. The standard InChI is InChI=1S/C19H21N7O/c1-3-10(2)19(27)21-9-15-24-16-12-5-4-11(13-6-7-22-26-13)8-14(12)23-18(20)17(16)25-15/h4-8,10H,3,9H2,1-2H3,(H2,20,23)(H,21,27)(H,22,26)(H,24,25). The summed E-state index contributed by atoms with van der Waals surface area (Å²) in [5.41, 5.74) is 10.2. The van der Waals surface area contributed by atoms with Gasteiger partial charge in [0.2, 0.25) is 5.91 Å². The van der Waals surface area contributed by atoms with Crippen molar-refractivity contribution in [3.05, 3.63) is 36.3 Å². The molecule has 0 saturated carbocycles. The minimum absolute atomic E-state index is 0.0121. The predicted octanol–water partition coefficient (Wildman–Crippen LogP) is 2.75. The Morgan fingerprint density at radius 3 is 2.89 bits per heavy atom. The van der Waals surface area contributed by atoms with Crippen LogP contribution >= 0.6 is 0 Å². The topological polar surface area (TPSA) is 125 Å². The second-order valence-corrected chi connectivity index (χ2v) is 6.63. The molecule has 3 aromatic heterocycles. The monoisotopic (exact) mass is 363 g/mol. The molecule has 0 saturated heterocycles. The molecule has 0 aliphatic rings. The second-order valence-electron chi connectivity index (χ2n) is 6.63. The molecule has 0 spiro atoms. The third-order valence-corrected chi connectivity index (χ3v) is 4.80. The van der Waals surface area contributed by atoms with Crippen LogP contribution in [0.25, 0.3) is 33.2 Å². The van der Waals surface area contributed by atoms with E-state index in [9.17, 15) is 4.79 Å². The zero-order valence-electron chi connectivity index (χ0n) is 15.2. The molecule has 27 heavy (non-hydrogen) atoms. The van der Waals surface area contributed by atoms with E-state index in [-0.39, 0.29) is 11.8 Å². The minimum Gasteiger partial charge on any atom is -0.382 e. The van der Waals surface area contributed by atoms with Crippen molar-refractivity contribution in [3.63, 3.8) is 0 Å². The maximum Gasteiger partial charge on any atom is 0.223 e. The average molecular weight is 363 g/mol. The summed E-state index contributed by atoms with van der Waals surface area (Å²) in [6.07, 6.45) is 2.50. The Bertz CT molecular complexity index is 1110. The Balaban J connectivity index is 1.71. The number of anilines is 1. The number of hydrogen-bond acceptors (Lipinski definition) is 5. The van der Waals surface area contributed by atoms with Gasteiger partial charge in [-0.05, 0) is 24.6 Å². The summed E-state index contributed by atoms with van der Waals surface area (Å²) < 4.78 is 0. The van der Waals surface area contributed by atoms with E-state index in [2.05, 4.69) is 30.5 Å². The van der Waals surface area contributed by atoms with E-state index in [0.717, 1.165) is 34.1 Å². The van der Waals surface area contributed by atoms with Gasteiger partial charge >= 0.3 is 0 Å². The van der Waals surface area contributed by atoms with Crippen molar-refractivity contribution in [1.82, 2.24) is 30.5 Å². The minimum atomic E-state index is -0.0251. The Labute approximate surface area is 155 Å². The van der Waals surface area contributed by atoms with Crippen LogP contribution in [0.15, 0.2) is 30.5 Å². The number of nitrogens with two attached hydrogens (primary N) is 1.